The number of nitro groups is 1. The van der Waals surface area contributed by atoms with Gasteiger partial charge in [0.15, 0.2) is 0 Å². The van der Waals surface area contributed by atoms with E-state index in [0.29, 0.717) is 31.9 Å². The van der Waals surface area contributed by atoms with E-state index in [2.05, 4.69) is 4.98 Å². The zero-order chi connectivity index (χ0) is 17.5. The predicted molar refractivity (Wildman–Crippen MR) is 89.1 cm³/mol. The van der Waals surface area contributed by atoms with Crippen molar-refractivity contribution in [3.05, 3.63) is 58.0 Å². The van der Waals surface area contributed by atoms with Crippen molar-refractivity contribution in [3.8, 4) is 0 Å². The van der Waals surface area contributed by atoms with E-state index in [1.54, 1.807) is 11.8 Å². The minimum absolute atomic E-state index is 0.0179. The molecule has 0 spiro atoms. The summed E-state index contributed by atoms with van der Waals surface area (Å²) in [6.07, 6.45) is 1.98. The summed E-state index contributed by atoms with van der Waals surface area (Å²) in [6.45, 7) is 3.18. The van der Waals surface area contributed by atoms with Crippen molar-refractivity contribution in [3.63, 3.8) is 0 Å². The molecule has 24 heavy (non-hydrogen) atoms. The van der Waals surface area contributed by atoms with Crippen LogP contribution in [-0.4, -0.2) is 38.4 Å². The van der Waals surface area contributed by atoms with Crippen LogP contribution in [0.2, 0.25) is 0 Å². The van der Waals surface area contributed by atoms with Gasteiger partial charge in [-0.3, -0.25) is 9.36 Å². The van der Waals surface area contributed by atoms with Crippen LogP contribution in [0.15, 0.2) is 36.5 Å². The second kappa shape index (κ2) is 8.21. The summed E-state index contributed by atoms with van der Waals surface area (Å²) in [7, 11) is 0. The van der Waals surface area contributed by atoms with E-state index in [4.69, 9.17) is 5.73 Å². The van der Waals surface area contributed by atoms with Crippen LogP contribution >= 0.6 is 0 Å². The number of rotatable bonds is 8. The molecule has 8 nitrogen and oxygen atoms in total. The average molecular weight is 331 g/mol. The van der Waals surface area contributed by atoms with E-state index in [1.165, 1.54) is 10.8 Å². The van der Waals surface area contributed by atoms with Crippen molar-refractivity contribution in [2.45, 2.75) is 26.4 Å². The van der Waals surface area contributed by atoms with Crippen LogP contribution in [-0.2, 0) is 17.9 Å². The molecule has 0 aliphatic heterocycles. The van der Waals surface area contributed by atoms with Gasteiger partial charge in [-0.05, 0) is 28.4 Å². The largest absolute Gasteiger partial charge is 0.381 e. The first-order valence-corrected chi connectivity index (χ1v) is 7.71. The summed E-state index contributed by atoms with van der Waals surface area (Å²) >= 11 is 0. The van der Waals surface area contributed by atoms with Crippen LogP contribution < -0.4 is 5.73 Å². The molecule has 1 heterocycles. The highest BCUT2D eigenvalue weighted by Crippen LogP contribution is 2.12. The maximum atomic E-state index is 12.6. The lowest BCUT2D eigenvalue weighted by atomic mass is 10.2. The van der Waals surface area contributed by atoms with E-state index in [-0.39, 0.29) is 18.3 Å². The van der Waals surface area contributed by atoms with Crippen LogP contribution in [0.5, 0.6) is 0 Å². The van der Waals surface area contributed by atoms with Crippen LogP contribution in [0.1, 0.15) is 17.8 Å². The van der Waals surface area contributed by atoms with Gasteiger partial charge < -0.3 is 20.7 Å². The standard InChI is InChI=1S/C16H21N5O3/c1-13-18-15(21(23)24)11-20(13)12-16(22)19(9-5-8-17)10-14-6-3-2-4-7-14/h2-4,6-7,11H,5,8-10,12,17H2,1H3. The maximum Gasteiger partial charge on any atom is 0.381 e. The molecular weight excluding hydrogens is 310 g/mol. The molecule has 0 unspecified atom stereocenters. The Hall–Kier alpha value is -2.74. The second-order valence-electron chi connectivity index (χ2n) is 5.47. The highest BCUT2D eigenvalue weighted by molar-refractivity contribution is 5.76. The number of nitrogens with two attached hydrogens (primary N) is 1. The lowest BCUT2D eigenvalue weighted by Gasteiger charge is -2.23. The van der Waals surface area contributed by atoms with Crippen molar-refractivity contribution in [1.82, 2.24) is 14.5 Å². The van der Waals surface area contributed by atoms with Gasteiger partial charge in [0.1, 0.15) is 12.7 Å². The number of carbonyl (C=O) groups excluding carboxylic acids is 1. The molecule has 0 aliphatic carbocycles. The third kappa shape index (κ3) is 4.63. The fraction of sp³-hybridized carbons (Fsp3) is 0.375. The van der Waals surface area contributed by atoms with Crippen molar-refractivity contribution in [2.24, 2.45) is 5.73 Å². The number of imidazole rings is 1. The number of aryl methyl sites for hydroxylation is 1. The van der Waals surface area contributed by atoms with Gasteiger partial charge in [0.2, 0.25) is 11.7 Å². The lowest BCUT2D eigenvalue weighted by Crippen LogP contribution is -2.35. The smallest absolute Gasteiger partial charge is 0.358 e. The van der Waals surface area contributed by atoms with E-state index < -0.39 is 4.92 Å². The van der Waals surface area contributed by atoms with Crippen molar-refractivity contribution in [2.75, 3.05) is 13.1 Å². The summed E-state index contributed by atoms with van der Waals surface area (Å²) in [5.41, 5.74) is 6.58. The second-order valence-corrected chi connectivity index (χ2v) is 5.47. The number of carbonyl (C=O) groups is 1. The average Bonchev–Trinajstić information content (AvgIpc) is 2.93. The fourth-order valence-electron chi connectivity index (χ4n) is 2.36. The molecule has 8 heteroatoms. The van der Waals surface area contributed by atoms with Gasteiger partial charge in [0.05, 0.1) is 0 Å². The molecule has 0 atom stereocenters. The van der Waals surface area contributed by atoms with Crippen molar-refractivity contribution >= 4 is 11.7 Å². The molecule has 2 aromatic rings. The third-order valence-electron chi connectivity index (χ3n) is 3.66. The number of aromatic nitrogens is 2. The van der Waals surface area contributed by atoms with E-state index >= 15 is 0 Å². The minimum atomic E-state index is -0.565. The van der Waals surface area contributed by atoms with Crippen LogP contribution in [0.4, 0.5) is 5.82 Å². The highest BCUT2D eigenvalue weighted by Gasteiger charge is 2.20. The van der Waals surface area contributed by atoms with Gasteiger partial charge >= 0.3 is 5.82 Å². The summed E-state index contributed by atoms with van der Waals surface area (Å²) < 4.78 is 1.50. The first-order valence-electron chi connectivity index (χ1n) is 7.71. The Morgan fingerprint density at radius 3 is 2.67 bits per heavy atom. The van der Waals surface area contributed by atoms with Crippen LogP contribution in [0.25, 0.3) is 0 Å². The van der Waals surface area contributed by atoms with Gasteiger partial charge in [0.25, 0.3) is 0 Å². The number of amides is 1. The van der Waals surface area contributed by atoms with Crippen molar-refractivity contribution in [1.29, 1.82) is 0 Å². The Bertz CT molecular complexity index is 699. The molecule has 0 radical (unpaired) electrons. The number of nitrogens with zero attached hydrogens (tertiary/aromatic N) is 4. The SMILES string of the molecule is Cc1nc([N+](=O)[O-])cn1CC(=O)N(CCCN)Cc1ccccc1. The van der Waals surface area contributed by atoms with Crippen LogP contribution in [0, 0.1) is 17.0 Å². The van der Waals surface area contributed by atoms with Gasteiger partial charge in [-0.25, -0.2) is 0 Å². The highest BCUT2D eigenvalue weighted by atomic mass is 16.6. The molecule has 0 aliphatic rings. The number of hydrogen-bond acceptors (Lipinski definition) is 5. The number of benzene rings is 1. The summed E-state index contributed by atoms with van der Waals surface area (Å²) in [5, 5.41) is 10.8. The molecule has 0 bridgehead atoms. The Morgan fingerprint density at radius 1 is 1.38 bits per heavy atom. The van der Waals surface area contributed by atoms with Gasteiger partial charge in [-0.15, -0.1) is 0 Å². The fourth-order valence-corrected chi connectivity index (χ4v) is 2.36. The first kappa shape index (κ1) is 17.6. The summed E-state index contributed by atoms with van der Waals surface area (Å²) in [6, 6.07) is 9.67. The van der Waals surface area contributed by atoms with E-state index in [9.17, 15) is 14.9 Å². The van der Waals surface area contributed by atoms with E-state index in [1.807, 2.05) is 30.3 Å². The molecule has 2 N–H and O–H groups in total. The lowest BCUT2D eigenvalue weighted by molar-refractivity contribution is -0.389. The molecule has 1 aromatic heterocycles. The topological polar surface area (TPSA) is 107 Å². The Balaban J connectivity index is 2.10. The Kier molecular flexibility index (Phi) is 6.02. The first-order chi connectivity index (χ1) is 11.5. The normalized spacial score (nSPS) is 10.6. The van der Waals surface area contributed by atoms with Crippen LogP contribution in [0.3, 0.4) is 0 Å². The minimum Gasteiger partial charge on any atom is -0.358 e. The quantitative estimate of drug-likeness (QED) is 0.582. The molecule has 1 amide bonds. The summed E-state index contributed by atoms with van der Waals surface area (Å²) in [4.78, 5) is 28.4. The Labute approximate surface area is 140 Å². The molecule has 0 saturated carbocycles. The van der Waals surface area contributed by atoms with Gasteiger partial charge in [-0.2, -0.15) is 0 Å². The monoisotopic (exact) mass is 331 g/mol. The van der Waals surface area contributed by atoms with E-state index in [0.717, 1.165) is 5.56 Å². The molecule has 1 aromatic carbocycles. The molecule has 2 rings (SSSR count). The van der Waals surface area contributed by atoms with Crippen molar-refractivity contribution < 1.29 is 9.72 Å². The molecule has 0 saturated heterocycles. The van der Waals surface area contributed by atoms with Gasteiger partial charge in [-0.1, -0.05) is 30.3 Å². The zero-order valence-electron chi connectivity index (χ0n) is 13.6. The third-order valence-corrected chi connectivity index (χ3v) is 3.66. The summed E-state index contributed by atoms with van der Waals surface area (Å²) in [5.74, 6) is 0.0631. The number of hydrogen-bond donors (Lipinski definition) is 1. The Morgan fingerprint density at radius 2 is 2.08 bits per heavy atom. The van der Waals surface area contributed by atoms with Gasteiger partial charge in [0, 0.05) is 20.0 Å². The molecule has 0 fully saturated rings. The zero-order valence-corrected chi connectivity index (χ0v) is 13.6. The maximum absolute atomic E-state index is 12.6. The predicted octanol–water partition coefficient (Wildman–Crippen LogP) is 1.48. The molecular formula is C16H21N5O3. The molecule has 128 valence electrons.